The first-order valence-corrected chi connectivity index (χ1v) is 9.41. The molecule has 6 heteroatoms. The SMILES string of the molecule is COc1ccc(NC(=O)c2ccc(NC3CCCCCC3)cn2)cc1Cl. The molecule has 1 aliphatic carbocycles. The van der Waals surface area contributed by atoms with E-state index in [1.165, 1.54) is 38.5 Å². The molecule has 5 nitrogen and oxygen atoms in total. The van der Waals surface area contributed by atoms with Gasteiger partial charge in [-0.1, -0.05) is 37.3 Å². The number of nitrogens with zero attached hydrogens (tertiary/aromatic N) is 1. The van der Waals surface area contributed by atoms with Crippen molar-refractivity contribution in [2.24, 2.45) is 0 Å². The van der Waals surface area contributed by atoms with Crippen LogP contribution in [0.2, 0.25) is 5.02 Å². The summed E-state index contributed by atoms with van der Waals surface area (Å²) in [5, 5.41) is 6.77. The fourth-order valence-corrected chi connectivity index (χ4v) is 3.47. The highest BCUT2D eigenvalue weighted by Gasteiger charge is 2.13. The molecule has 1 fully saturated rings. The highest BCUT2D eigenvalue weighted by molar-refractivity contribution is 6.32. The van der Waals surface area contributed by atoms with Gasteiger partial charge < -0.3 is 15.4 Å². The molecule has 1 aliphatic rings. The van der Waals surface area contributed by atoms with Gasteiger partial charge in [0, 0.05) is 11.7 Å². The van der Waals surface area contributed by atoms with Crippen LogP contribution < -0.4 is 15.4 Å². The maximum Gasteiger partial charge on any atom is 0.274 e. The number of carbonyl (C=O) groups excluding carboxylic acids is 1. The Morgan fingerprint density at radius 3 is 2.46 bits per heavy atom. The van der Waals surface area contributed by atoms with Crippen LogP contribution >= 0.6 is 11.6 Å². The summed E-state index contributed by atoms with van der Waals surface area (Å²) in [6.45, 7) is 0. The lowest BCUT2D eigenvalue weighted by Crippen LogP contribution is -2.19. The van der Waals surface area contributed by atoms with Gasteiger partial charge in [-0.15, -0.1) is 0 Å². The second kappa shape index (κ2) is 8.90. The zero-order valence-corrected chi connectivity index (χ0v) is 15.7. The van der Waals surface area contributed by atoms with Crippen LogP contribution in [0.1, 0.15) is 49.0 Å². The zero-order valence-electron chi connectivity index (χ0n) is 14.9. The Hall–Kier alpha value is -2.27. The van der Waals surface area contributed by atoms with E-state index in [4.69, 9.17) is 16.3 Å². The number of methoxy groups -OCH3 is 1. The molecule has 1 aromatic carbocycles. The van der Waals surface area contributed by atoms with Crippen molar-refractivity contribution >= 4 is 28.9 Å². The van der Waals surface area contributed by atoms with Crippen molar-refractivity contribution in [3.05, 3.63) is 47.2 Å². The largest absolute Gasteiger partial charge is 0.495 e. The molecule has 1 saturated carbocycles. The first-order valence-electron chi connectivity index (χ1n) is 9.03. The predicted molar refractivity (Wildman–Crippen MR) is 105 cm³/mol. The zero-order chi connectivity index (χ0) is 18.4. The standard InChI is InChI=1S/C20H24ClN3O2/c1-26-19-11-9-15(12-17(19)21)24-20(25)18-10-8-16(13-22-18)23-14-6-4-2-3-5-7-14/h8-14,23H,2-7H2,1H3,(H,24,25). The summed E-state index contributed by atoms with van der Waals surface area (Å²) < 4.78 is 5.11. The van der Waals surface area contributed by atoms with Crippen molar-refractivity contribution in [2.75, 3.05) is 17.7 Å². The summed E-state index contributed by atoms with van der Waals surface area (Å²) in [7, 11) is 1.55. The third-order valence-electron chi connectivity index (χ3n) is 4.63. The van der Waals surface area contributed by atoms with Crippen molar-refractivity contribution < 1.29 is 9.53 Å². The number of anilines is 2. The lowest BCUT2D eigenvalue weighted by molar-refractivity contribution is 0.102. The molecule has 0 unspecified atom stereocenters. The van der Waals surface area contributed by atoms with Gasteiger partial charge in [0.15, 0.2) is 0 Å². The third-order valence-corrected chi connectivity index (χ3v) is 4.93. The molecular formula is C20H24ClN3O2. The highest BCUT2D eigenvalue weighted by Crippen LogP contribution is 2.27. The first kappa shape index (κ1) is 18.5. The Kier molecular flexibility index (Phi) is 6.34. The second-order valence-corrected chi connectivity index (χ2v) is 6.98. The summed E-state index contributed by atoms with van der Waals surface area (Å²) in [5.74, 6) is 0.295. The van der Waals surface area contributed by atoms with Crippen LogP contribution in [-0.2, 0) is 0 Å². The third kappa shape index (κ3) is 4.88. The van der Waals surface area contributed by atoms with Crippen molar-refractivity contribution in [3.8, 4) is 5.75 Å². The Balaban J connectivity index is 1.60. The summed E-state index contributed by atoms with van der Waals surface area (Å²) >= 11 is 6.08. The number of aromatic nitrogens is 1. The van der Waals surface area contributed by atoms with Gasteiger partial charge in [0.25, 0.3) is 5.91 Å². The van der Waals surface area contributed by atoms with E-state index >= 15 is 0 Å². The van der Waals surface area contributed by atoms with Crippen LogP contribution in [0.5, 0.6) is 5.75 Å². The molecule has 0 saturated heterocycles. The van der Waals surface area contributed by atoms with Crippen LogP contribution in [0.3, 0.4) is 0 Å². The molecule has 138 valence electrons. The predicted octanol–water partition coefficient (Wildman–Crippen LogP) is 5.13. The Morgan fingerprint density at radius 1 is 1.12 bits per heavy atom. The Labute approximate surface area is 159 Å². The molecule has 3 rings (SSSR count). The minimum absolute atomic E-state index is 0.271. The van der Waals surface area contributed by atoms with Gasteiger partial charge in [0.05, 0.1) is 24.0 Å². The van der Waals surface area contributed by atoms with Crippen LogP contribution in [0.15, 0.2) is 36.5 Å². The minimum atomic E-state index is -0.271. The molecule has 2 aromatic rings. The molecule has 2 N–H and O–H groups in total. The molecular weight excluding hydrogens is 350 g/mol. The number of amides is 1. The number of halogens is 1. The van der Waals surface area contributed by atoms with Gasteiger partial charge in [0.1, 0.15) is 11.4 Å². The second-order valence-electron chi connectivity index (χ2n) is 6.57. The molecule has 1 heterocycles. The van der Waals surface area contributed by atoms with Crippen LogP contribution in [0.25, 0.3) is 0 Å². The summed E-state index contributed by atoms with van der Waals surface area (Å²) in [6, 6.07) is 9.25. The molecule has 26 heavy (non-hydrogen) atoms. The van der Waals surface area contributed by atoms with Gasteiger partial charge in [0.2, 0.25) is 0 Å². The van der Waals surface area contributed by atoms with E-state index in [0.717, 1.165) is 5.69 Å². The lowest BCUT2D eigenvalue weighted by atomic mass is 10.1. The summed E-state index contributed by atoms with van der Waals surface area (Å²) in [4.78, 5) is 16.6. The van der Waals surface area contributed by atoms with E-state index < -0.39 is 0 Å². The summed E-state index contributed by atoms with van der Waals surface area (Å²) in [5.41, 5.74) is 1.92. The average Bonchev–Trinajstić information content (AvgIpc) is 2.91. The molecule has 0 radical (unpaired) electrons. The quantitative estimate of drug-likeness (QED) is 0.713. The average molecular weight is 374 g/mol. The van der Waals surface area contributed by atoms with Crippen molar-refractivity contribution in [3.63, 3.8) is 0 Å². The Bertz CT molecular complexity index is 741. The number of hydrogen-bond donors (Lipinski definition) is 2. The molecule has 1 amide bonds. The Morgan fingerprint density at radius 2 is 1.85 bits per heavy atom. The van der Waals surface area contributed by atoms with E-state index in [1.54, 1.807) is 37.6 Å². The van der Waals surface area contributed by atoms with Crippen LogP contribution in [-0.4, -0.2) is 24.0 Å². The molecule has 1 aromatic heterocycles. The van der Waals surface area contributed by atoms with Gasteiger partial charge in [-0.05, 0) is 43.2 Å². The van der Waals surface area contributed by atoms with Gasteiger partial charge in [-0.3, -0.25) is 4.79 Å². The van der Waals surface area contributed by atoms with E-state index in [1.807, 2.05) is 6.07 Å². The smallest absolute Gasteiger partial charge is 0.274 e. The number of hydrogen-bond acceptors (Lipinski definition) is 4. The number of pyridine rings is 1. The number of rotatable bonds is 5. The molecule has 0 spiro atoms. The molecule has 0 bridgehead atoms. The monoisotopic (exact) mass is 373 g/mol. The maximum absolute atomic E-state index is 12.4. The fourth-order valence-electron chi connectivity index (χ4n) is 3.21. The van der Waals surface area contributed by atoms with Crippen molar-refractivity contribution in [1.82, 2.24) is 4.98 Å². The highest BCUT2D eigenvalue weighted by atomic mass is 35.5. The van der Waals surface area contributed by atoms with Crippen LogP contribution in [0, 0.1) is 0 Å². The van der Waals surface area contributed by atoms with E-state index in [-0.39, 0.29) is 5.91 Å². The topological polar surface area (TPSA) is 63.2 Å². The lowest BCUT2D eigenvalue weighted by Gasteiger charge is -2.17. The van der Waals surface area contributed by atoms with E-state index in [9.17, 15) is 4.79 Å². The number of benzene rings is 1. The van der Waals surface area contributed by atoms with Gasteiger partial charge in [-0.2, -0.15) is 0 Å². The van der Waals surface area contributed by atoms with E-state index in [0.29, 0.717) is 28.2 Å². The fraction of sp³-hybridized carbons (Fsp3) is 0.400. The van der Waals surface area contributed by atoms with E-state index in [2.05, 4.69) is 15.6 Å². The number of ether oxygens (including phenoxy) is 1. The van der Waals surface area contributed by atoms with Gasteiger partial charge >= 0.3 is 0 Å². The number of carbonyl (C=O) groups is 1. The van der Waals surface area contributed by atoms with Crippen LogP contribution in [0.4, 0.5) is 11.4 Å². The van der Waals surface area contributed by atoms with Crippen molar-refractivity contribution in [2.45, 2.75) is 44.6 Å². The van der Waals surface area contributed by atoms with Gasteiger partial charge in [-0.25, -0.2) is 4.98 Å². The molecule has 0 atom stereocenters. The normalized spacial score (nSPS) is 15.2. The maximum atomic E-state index is 12.4. The summed E-state index contributed by atoms with van der Waals surface area (Å²) in [6.07, 6.45) is 9.31. The number of nitrogens with one attached hydrogen (secondary N) is 2. The van der Waals surface area contributed by atoms with Crippen molar-refractivity contribution in [1.29, 1.82) is 0 Å². The molecule has 0 aliphatic heterocycles. The first-order chi connectivity index (χ1) is 12.7. The minimum Gasteiger partial charge on any atom is -0.495 e.